The van der Waals surface area contributed by atoms with E-state index in [2.05, 4.69) is 5.16 Å². The lowest BCUT2D eigenvalue weighted by Crippen LogP contribution is -2.35. The standard InChI is InChI=1S/C13H19N3O3/c1-16(9-12(14)15-18)13(17)8-5-10-3-6-11(19-2)7-4-10/h3-4,6-7,18H,5,8-9H2,1-2H3,(H2,14,15). The number of hydrogen-bond acceptors (Lipinski definition) is 4. The third-order valence-electron chi connectivity index (χ3n) is 2.74. The Bertz CT molecular complexity index is 443. The van der Waals surface area contributed by atoms with Gasteiger partial charge in [0.2, 0.25) is 5.91 Å². The van der Waals surface area contributed by atoms with Gasteiger partial charge in [-0.2, -0.15) is 0 Å². The molecule has 3 N–H and O–H groups in total. The van der Waals surface area contributed by atoms with Crippen LogP contribution in [0.25, 0.3) is 0 Å². The van der Waals surface area contributed by atoms with E-state index in [1.54, 1.807) is 14.2 Å². The Labute approximate surface area is 112 Å². The van der Waals surface area contributed by atoms with Gasteiger partial charge in [-0.05, 0) is 24.1 Å². The number of nitrogens with zero attached hydrogens (tertiary/aromatic N) is 2. The Hall–Kier alpha value is -2.24. The Kier molecular flexibility index (Phi) is 5.66. The fraction of sp³-hybridized carbons (Fsp3) is 0.385. The van der Waals surface area contributed by atoms with Crippen molar-refractivity contribution >= 4 is 11.7 Å². The average molecular weight is 265 g/mol. The number of amidine groups is 1. The maximum Gasteiger partial charge on any atom is 0.223 e. The van der Waals surface area contributed by atoms with Crippen LogP contribution in [-0.2, 0) is 11.2 Å². The minimum atomic E-state index is -0.0533. The molecule has 1 aromatic carbocycles. The summed E-state index contributed by atoms with van der Waals surface area (Å²) in [7, 11) is 3.23. The molecule has 19 heavy (non-hydrogen) atoms. The fourth-order valence-corrected chi connectivity index (χ4v) is 1.60. The van der Waals surface area contributed by atoms with Crippen LogP contribution < -0.4 is 10.5 Å². The van der Waals surface area contributed by atoms with Gasteiger partial charge in [-0.3, -0.25) is 4.79 Å². The summed E-state index contributed by atoms with van der Waals surface area (Å²) in [5.41, 5.74) is 6.40. The van der Waals surface area contributed by atoms with E-state index < -0.39 is 0 Å². The zero-order chi connectivity index (χ0) is 14.3. The highest BCUT2D eigenvalue weighted by atomic mass is 16.5. The third kappa shape index (κ3) is 4.87. The summed E-state index contributed by atoms with van der Waals surface area (Å²) in [6.07, 6.45) is 1.02. The molecular formula is C13H19N3O3. The molecule has 0 saturated carbocycles. The molecule has 1 rings (SSSR count). The molecule has 0 aliphatic carbocycles. The van der Waals surface area contributed by atoms with Gasteiger partial charge in [-0.15, -0.1) is 0 Å². The molecule has 0 unspecified atom stereocenters. The highest BCUT2D eigenvalue weighted by Crippen LogP contribution is 2.12. The number of benzene rings is 1. The number of hydrogen-bond donors (Lipinski definition) is 2. The van der Waals surface area contributed by atoms with Crippen molar-refractivity contribution in [2.45, 2.75) is 12.8 Å². The monoisotopic (exact) mass is 265 g/mol. The van der Waals surface area contributed by atoms with E-state index in [0.29, 0.717) is 12.8 Å². The number of oxime groups is 1. The van der Waals surface area contributed by atoms with Gasteiger partial charge < -0.3 is 20.6 Å². The second-order valence-corrected chi connectivity index (χ2v) is 4.19. The number of methoxy groups -OCH3 is 1. The first-order valence-electron chi connectivity index (χ1n) is 5.90. The summed E-state index contributed by atoms with van der Waals surface area (Å²) in [5.74, 6) is 0.752. The van der Waals surface area contributed by atoms with Crippen molar-refractivity contribution in [2.75, 3.05) is 20.7 Å². The maximum atomic E-state index is 11.8. The minimum absolute atomic E-state index is 0.0142. The number of likely N-dealkylation sites (N-methyl/N-ethyl adjacent to an activating group) is 1. The Balaban J connectivity index is 2.44. The minimum Gasteiger partial charge on any atom is -0.497 e. The number of amides is 1. The van der Waals surface area contributed by atoms with Crippen molar-refractivity contribution in [1.29, 1.82) is 0 Å². The molecule has 0 atom stereocenters. The van der Waals surface area contributed by atoms with Crippen LogP contribution in [0.5, 0.6) is 5.75 Å². The maximum absolute atomic E-state index is 11.8. The SMILES string of the molecule is COc1ccc(CCC(=O)N(C)CC(N)=NO)cc1. The fourth-order valence-electron chi connectivity index (χ4n) is 1.60. The highest BCUT2D eigenvalue weighted by Gasteiger charge is 2.10. The van der Waals surface area contributed by atoms with Gasteiger partial charge in [0.25, 0.3) is 0 Å². The first-order chi connectivity index (χ1) is 9.06. The van der Waals surface area contributed by atoms with Crippen LogP contribution in [0.2, 0.25) is 0 Å². The lowest BCUT2D eigenvalue weighted by Gasteiger charge is -2.16. The second-order valence-electron chi connectivity index (χ2n) is 4.19. The zero-order valence-corrected chi connectivity index (χ0v) is 11.2. The Morgan fingerprint density at radius 2 is 2.05 bits per heavy atom. The molecule has 0 radical (unpaired) electrons. The van der Waals surface area contributed by atoms with Crippen LogP contribution in [0.3, 0.4) is 0 Å². The number of carbonyl (C=O) groups excluding carboxylic acids is 1. The normalized spacial score (nSPS) is 11.2. The molecule has 0 aliphatic rings. The molecule has 6 nitrogen and oxygen atoms in total. The predicted octanol–water partition coefficient (Wildman–Crippen LogP) is 0.833. The first kappa shape index (κ1) is 14.8. The van der Waals surface area contributed by atoms with E-state index in [9.17, 15) is 4.79 Å². The summed E-state index contributed by atoms with van der Waals surface area (Å²) in [4.78, 5) is 13.2. The molecule has 1 aromatic rings. The predicted molar refractivity (Wildman–Crippen MR) is 72.4 cm³/mol. The van der Waals surface area contributed by atoms with E-state index in [0.717, 1.165) is 11.3 Å². The molecule has 0 heterocycles. The zero-order valence-electron chi connectivity index (χ0n) is 11.2. The van der Waals surface area contributed by atoms with Gasteiger partial charge in [0, 0.05) is 13.5 Å². The van der Waals surface area contributed by atoms with E-state index in [1.807, 2.05) is 24.3 Å². The first-order valence-corrected chi connectivity index (χ1v) is 5.90. The molecule has 0 aliphatic heterocycles. The van der Waals surface area contributed by atoms with Gasteiger partial charge in [-0.25, -0.2) is 0 Å². The van der Waals surface area contributed by atoms with Crippen LogP contribution >= 0.6 is 0 Å². The average Bonchev–Trinajstić information content (AvgIpc) is 2.44. The number of aryl methyl sites for hydroxylation is 1. The van der Waals surface area contributed by atoms with Crippen molar-refractivity contribution in [3.05, 3.63) is 29.8 Å². The molecule has 0 aromatic heterocycles. The summed E-state index contributed by atoms with van der Waals surface area (Å²) < 4.78 is 5.06. The lowest BCUT2D eigenvalue weighted by molar-refractivity contribution is -0.129. The van der Waals surface area contributed by atoms with E-state index in [4.69, 9.17) is 15.7 Å². The van der Waals surface area contributed by atoms with Gasteiger partial charge in [0.15, 0.2) is 5.84 Å². The van der Waals surface area contributed by atoms with Crippen LogP contribution in [0.4, 0.5) is 0 Å². The van der Waals surface area contributed by atoms with Crippen molar-refractivity contribution < 1.29 is 14.7 Å². The molecule has 0 spiro atoms. The third-order valence-corrected chi connectivity index (χ3v) is 2.74. The number of rotatable bonds is 6. The summed E-state index contributed by atoms with van der Waals surface area (Å²) in [5, 5.41) is 11.3. The number of carbonyl (C=O) groups is 1. The smallest absolute Gasteiger partial charge is 0.223 e. The Morgan fingerprint density at radius 1 is 1.42 bits per heavy atom. The van der Waals surface area contributed by atoms with Crippen LogP contribution in [0.15, 0.2) is 29.4 Å². The van der Waals surface area contributed by atoms with Crippen LogP contribution in [0, 0.1) is 0 Å². The van der Waals surface area contributed by atoms with Gasteiger partial charge >= 0.3 is 0 Å². The van der Waals surface area contributed by atoms with Crippen LogP contribution in [0.1, 0.15) is 12.0 Å². The molecule has 104 valence electrons. The lowest BCUT2D eigenvalue weighted by atomic mass is 10.1. The van der Waals surface area contributed by atoms with Crippen molar-refractivity contribution in [3.63, 3.8) is 0 Å². The van der Waals surface area contributed by atoms with E-state index in [-0.39, 0.29) is 18.3 Å². The highest BCUT2D eigenvalue weighted by molar-refractivity contribution is 5.86. The number of nitrogens with two attached hydrogens (primary N) is 1. The summed E-state index contributed by atoms with van der Waals surface area (Å²) in [6.45, 7) is 0.123. The Morgan fingerprint density at radius 3 is 2.58 bits per heavy atom. The summed E-state index contributed by atoms with van der Waals surface area (Å²) in [6, 6.07) is 7.57. The quantitative estimate of drug-likeness (QED) is 0.345. The molecule has 0 bridgehead atoms. The van der Waals surface area contributed by atoms with Crippen molar-refractivity contribution in [1.82, 2.24) is 4.90 Å². The second kappa shape index (κ2) is 7.25. The van der Waals surface area contributed by atoms with Gasteiger partial charge in [-0.1, -0.05) is 17.3 Å². The van der Waals surface area contributed by atoms with E-state index in [1.165, 1.54) is 4.90 Å². The molecule has 0 saturated heterocycles. The molecule has 0 fully saturated rings. The van der Waals surface area contributed by atoms with Crippen LogP contribution in [-0.4, -0.2) is 42.6 Å². The largest absolute Gasteiger partial charge is 0.497 e. The topological polar surface area (TPSA) is 88.2 Å². The molecule has 1 amide bonds. The van der Waals surface area contributed by atoms with Gasteiger partial charge in [0.1, 0.15) is 5.75 Å². The summed E-state index contributed by atoms with van der Waals surface area (Å²) >= 11 is 0. The van der Waals surface area contributed by atoms with Crippen molar-refractivity contribution in [3.8, 4) is 5.75 Å². The molecule has 6 heteroatoms. The van der Waals surface area contributed by atoms with Crippen molar-refractivity contribution in [2.24, 2.45) is 10.9 Å². The number of ether oxygens (including phenoxy) is 1. The molecular weight excluding hydrogens is 246 g/mol. The van der Waals surface area contributed by atoms with Gasteiger partial charge in [0.05, 0.1) is 13.7 Å². The van der Waals surface area contributed by atoms with E-state index >= 15 is 0 Å².